The van der Waals surface area contributed by atoms with E-state index in [1.54, 1.807) is 17.5 Å². The van der Waals surface area contributed by atoms with E-state index in [4.69, 9.17) is 0 Å². The number of pyridine rings is 1. The molecule has 1 fully saturated rings. The maximum atomic E-state index is 13.0. The monoisotopic (exact) mass is 338 g/mol. The van der Waals surface area contributed by atoms with Crippen molar-refractivity contribution in [2.45, 2.75) is 25.3 Å². The second-order valence-corrected chi connectivity index (χ2v) is 6.76. The Morgan fingerprint density at radius 3 is 3.08 bits per heavy atom. The van der Waals surface area contributed by atoms with Crippen molar-refractivity contribution in [2.24, 2.45) is 0 Å². The molecule has 3 aromatic heterocycles. The van der Waals surface area contributed by atoms with Crippen LogP contribution in [0.15, 0.2) is 47.4 Å². The lowest BCUT2D eigenvalue weighted by molar-refractivity contribution is 0.0605. The second-order valence-electron chi connectivity index (χ2n) is 5.98. The lowest BCUT2D eigenvalue weighted by Crippen LogP contribution is -2.38. The van der Waals surface area contributed by atoms with Gasteiger partial charge < -0.3 is 4.90 Å². The van der Waals surface area contributed by atoms with Gasteiger partial charge in [-0.15, -0.1) is 0 Å². The van der Waals surface area contributed by atoms with Gasteiger partial charge in [-0.1, -0.05) is 6.07 Å². The Morgan fingerprint density at radius 1 is 1.33 bits per heavy atom. The van der Waals surface area contributed by atoms with Crippen LogP contribution in [0.1, 0.15) is 41.4 Å². The molecule has 4 rings (SSSR count). The van der Waals surface area contributed by atoms with Crippen LogP contribution >= 0.6 is 11.3 Å². The van der Waals surface area contributed by atoms with Crippen molar-refractivity contribution in [3.8, 4) is 11.3 Å². The largest absolute Gasteiger partial charge is 0.330 e. The number of hydrogen-bond donors (Lipinski definition) is 1. The van der Waals surface area contributed by atoms with Crippen LogP contribution in [-0.4, -0.2) is 32.5 Å². The van der Waals surface area contributed by atoms with Gasteiger partial charge >= 0.3 is 0 Å². The molecule has 1 N–H and O–H groups in total. The normalized spacial score (nSPS) is 17.8. The SMILES string of the molecule is O=C(c1cc(-c2ccsc2)n[nH]1)N1CCCC[C@H]1c1cccnc1. The third-order valence-electron chi connectivity index (χ3n) is 4.46. The van der Waals surface area contributed by atoms with Gasteiger partial charge in [0.05, 0.1) is 11.7 Å². The topological polar surface area (TPSA) is 61.9 Å². The fourth-order valence-corrected chi connectivity index (χ4v) is 3.89. The predicted molar refractivity (Wildman–Crippen MR) is 93.8 cm³/mol. The van der Waals surface area contributed by atoms with Crippen LogP contribution in [0.2, 0.25) is 0 Å². The van der Waals surface area contributed by atoms with Crippen molar-refractivity contribution in [3.05, 3.63) is 58.7 Å². The average molecular weight is 338 g/mol. The highest BCUT2D eigenvalue weighted by Gasteiger charge is 2.29. The lowest BCUT2D eigenvalue weighted by Gasteiger charge is -2.35. The molecule has 1 aliphatic rings. The van der Waals surface area contributed by atoms with Gasteiger partial charge in [0, 0.05) is 29.9 Å². The number of carbonyl (C=O) groups excluding carboxylic acids is 1. The molecular formula is C18H18N4OS. The molecule has 0 unspecified atom stereocenters. The van der Waals surface area contributed by atoms with Crippen LogP contribution in [0.4, 0.5) is 0 Å². The van der Waals surface area contributed by atoms with Gasteiger partial charge in [0.1, 0.15) is 5.69 Å². The van der Waals surface area contributed by atoms with Crippen LogP contribution in [0, 0.1) is 0 Å². The highest BCUT2D eigenvalue weighted by Crippen LogP contribution is 2.32. The molecule has 0 aromatic carbocycles. The van der Waals surface area contributed by atoms with E-state index in [-0.39, 0.29) is 11.9 Å². The van der Waals surface area contributed by atoms with Crippen LogP contribution in [-0.2, 0) is 0 Å². The van der Waals surface area contributed by atoms with Gasteiger partial charge in [-0.25, -0.2) is 0 Å². The molecule has 0 spiro atoms. The summed E-state index contributed by atoms with van der Waals surface area (Å²) in [6.45, 7) is 0.769. The number of likely N-dealkylation sites (tertiary alicyclic amines) is 1. The number of aromatic amines is 1. The van der Waals surface area contributed by atoms with E-state index in [9.17, 15) is 4.79 Å². The predicted octanol–water partition coefficient (Wildman–Crippen LogP) is 3.90. The second kappa shape index (κ2) is 6.57. The molecule has 0 radical (unpaired) electrons. The number of thiophene rings is 1. The Balaban J connectivity index is 1.60. The first-order chi connectivity index (χ1) is 11.8. The van der Waals surface area contributed by atoms with Gasteiger partial charge in [-0.3, -0.25) is 14.9 Å². The van der Waals surface area contributed by atoms with E-state index in [2.05, 4.69) is 15.2 Å². The maximum Gasteiger partial charge on any atom is 0.272 e. The quantitative estimate of drug-likeness (QED) is 0.788. The van der Waals surface area contributed by atoms with Crippen molar-refractivity contribution >= 4 is 17.2 Å². The number of hydrogen-bond acceptors (Lipinski definition) is 4. The molecule has 24 heavy (non-hydrogen) atoms. The number of rotatable bonds is 3. The summed E-state index contributed by atoms with van der Waals surface area (Å²) in [7, 11) is 0. The minimum Gasteiger partial charge on any atom is -0.330 e. The summed E-state index contributed by atoms with van der Waals surface area (Å²) in [5.74, 6) is 0.0116. The Morgan fingerprint density at radius 2 is 2.29 bits per heavy atom. The first-order valence-corrected chi connectivity index (χ1v) is 9.06. The number of aromatic nitrogens is 3. The summed E-state index contributed by atoms with van der Waals surface area (Å²) in [6.07, 6.45) is 6.77. The molecule has 1 aliphatic heterocycles. The maximum absolute atomic E-state index is 13.0. The fourth-order valence-electron chi connectivity index (χ4n) is 3.24. The number of H-pyrrole nitrogens is 1. The fraction of sp³-hybridized carbons (Fsp3) is 0.278. The Hall–Kier alpha value is -2.47. The van der Waals surface area contributed by atoms with E-state index >= 15 is 0 Å². The van der Waals surface area contributed by atoms with E-state index in [1.165, 1.54) is 0 Å². The molecule has 1 amide bonds. The third-order valence-corrected chi connectivity index (χ3v) is 5.14. The van der Waals surface area contributed by atoms with Gasteiger partial charge in [-0.2, -0.15) is 16.4 Å². The lowest BCUT2D eigenvalue weighted by atomic mass is 9.96. The summed E-state index contributed by atoms with van der Waals surface area (Å²) in [4.78, 5) is 19.2. The molecule has 1 saturated heterocycles. The molecule has 3 aromatic rings. The molecule has 0 aliphatic carbocycles. The summed E-state index contributed by atoms with van der Waals surface area (Å²) < 4.78 is 0. The van der Waals surface area contributed by atoms with Crippen molar-refractivity contribution < 1.29 is 4.79 Å². The van der Waals surface area contributed by atoms with Crippen molar-refractivity contribution in [2.75, 3.05) is 6.54 Å². The number of nitrogens with zero attached hydrogens (tertiary/aromatic N) is 3. The molecule has 5 nitrogen and oxygen atoms in total. The molecule has 0 bridgehead atoms. The number of piperidine rings is 1. The Kier molecular flexibility index (Phi) is 4.13. The van der Waals surface area contributed by atoms with E-state index in [0.29, 0.717) is 5.69 Å². The van der Waals surface area contributed by atoms with Gasteiger partial charge in [0.25, 0.3) is 5.91 Å². The zero-order valence-corrected chi connectivity index (χ0v) is 14.0. The molecule has 122 valence electrons. The summed E-state index contributed by atoms with van der Waals surface area (Å²) in [6, 6.07) is 7.92. The molecule has 6 heteroatoms. The van der Waals surface area contributed by atoms with Gasteiger partial charge in [0.2, 0.25) is 0 Å². The van der Waals surface area contributed by atoms with Crippen molar-refractivity contribution in [1.82, 2.24) is 20.1 Å². The summed E-state index contributed by atoms with van der Waals surface area (Å²) in [5, 5.41) is 11.2. The standard InChI is InChI=1S/C18H18N4OS/c23-18(16-10-15(20-21-16)14-6-9-24-12-14)22-8-2-1-5-17(22)13-4-3-7-19-11-13/h3-4,6-7,9-12,17H,1-2,5,8H2,(H,20,21)/t17-/m0/s1. The highest BCUT2D eigenvalue weighted by molar-refractivity contribution is 7.08. The van der Waals surface area contributed by atoms with Crippen LogP contribution < -0.4 is 0 Å². The highest BCUT2D eigenvalue weighted by atomic mass is 32.1. The smallest absolute Gasteiger partial charge is 0.272 e. The van der Waals surface area contributed by atoms with Gasteiger partial charge in [-0.05, 0) is 48.4 Å². The third kappa shape index (κ3) is 2.85. The average Bonchev–Trinajstić information content (AvgIpc) is 3.33. The summed E-state index contributed by atoms with van der Waals surface area (Å²) in [5.41, 5.74) is 3.50. The van der Waals surface area contributed by atoms with E-state index in [0.717, 1.165) is 42.6 Å². The number of amides is 1. The Bertz CT molecular complexity index is 813. The van der Waals surface area contributed by atoms with Crippen LogP contribution in [0.5, 0.6) is 0 Å². The first-order valence-electron chi connectivity index (χ1n) is 8.12. The summed E-state index contributed by atoms with van der Waals surface area (Å²) >= 11 is 1.62. The zero-order chi connectivity index (χ0) is 16.4. The van der Waals surface area contributed by atoms with Crippen LogP contribution in [0.3, 0.4) is 0 Å². The minimum atomic E-state index is 0.0116. The Labute approximate surface area is 144 Å². The van der Waals surface area contributed by atoms with Gasteiger partial charge in [0.15, 0.2) is 0 Å². The van der Waals surface area contributed by atoms with E-state index < -0.39 is 0 Å². The first kappa shape index (κ1) is 15.1. The number of carbonyl (C=O) groups is 1. The van der Waals surface area contributed by atoms with Crippen molar-refractivity contribution in [3.63, 3.8) is 0 Å². The van der Waals surface area contributed by atoms with E-state index in [1.807, 2.05) is 46.1 Å². The minimum absolute atomic E-state index is 0.0116. The van der Waals surface area contributed by atoms with Crippen molar-refractivity contribution in [1.29, 1.82) is 0 Å². The zero-order valence-electron chi connectivity index (χ0n) is 13.2. The molecule has 1 atom stereocenters. The number of nitrogens with one attached hydrogen (secondary N) is 1. The molecule has 0 saturated carbocycles. The molecule has 4 heterocycles. The van der Waals surface area contributed by atoms with Crippen LogP contribution in [0.25, 0.3) is 11.3 Å². The molecular weight excluding hydrogens is 320 g/mol.